The molecular formula is C19H30N4O3. The summed E-state index contributed by atoms with van der Waals surface area (Å²) in [6, 6.07) is 1.58. The molecule has 7 heteroatoms. The largest absolute Gasteiger partial charge is 0.359 e. The summed E-state index contributed by atoms with van der Waals surface area (Å²) in [5.41, 5.74) is -0.153. The lowest BCUT2D eigenvalue weighted by molar-refractivity contribution is -0.135. The van der Waals surface area contributed by atoms with E-state index in [-0.39, 0.29) is 23.3 Å². The van der Waals surface area contributed by atoms with Crippen molar-refractivity contribution in [3.05, 3.63) is 11.8 Å². The summed E-state index contributed by atoms with van der Waals surface area (Å²) >= 11 is 0. The van der Waals surface area contributed by atoms with Crippen LogP contribution in [-0.2, 0) is 10.2 Å². The number of hydrogen-bond donors (Lipinski definition) is 1. The summed E-state index contributed by atoms with van der Waals surface area (Å²) < 4.78 is 5.31. The van der Waals surface area contributed by atoms with Crippen molar-refractivity contribution < 1.29 is 14.1 Å². The molecule has 1 saturated carbocycles. The van der Waals surface area contributed by atoms with Crippen molar-refractivity contribution in [3.8, 4) is 0 Å². The van der Waals surface area contributed by atoms with Gasteiger partial charge in [0.05, 0.1) is 0 Å². The zero-order valence-electron chi connectivity index (χ0n) is 16.1. The molecule has 1 N–H and O–H groups in total. The molecule has 7 nitrogen and oxygen atoms in total. The molecule has 0 aromatic carbocycles. The van der Waals surface area contributed by atoms with Gasteiger partial charge < -0.3 is 14.3 Å². The van der Waals surface area contributed by atoms with Crippen LogP contribution in [0, 0.1) is 5.92 Å². The Kier molecular flexibility index (Phi) is 5.53. The number of rotatable bonds is 2. The first-order valence-corrected chi connectivity index (χ1v) is 9.66. The van der Waals surface area contributed by atoms with Crippen LogP contribution in [0.25, 0.3) is 0 Å². The smallest absolute Gasteiger partial charge is 0.323 e. The monoisotopic (exact) mass is 362 g/mol. The maximum Gasteiger partial charge on any atom is 0.323 e. The highest BCUT2D eigenvalue weighted by Gasteiger charge is 2.29. The fourth-order valence-corrected chi connectivity index (χ4v) is 3.65. The van der Waals surface area contributed by atoms with Gasteiger partial charge in [0.15, 0.2) is 5.82 Å². The van der Waals surface area contributed by atoms with Gasteiger partial charge in [0.25, 0.3) is 0 Å². The van der Waals surface area contributed by atoms with Crippen molar-refractivity contribution in [3.63, 3.8) is 0 Å². The maximum atomic E-state index is 12.6. The summed E-state index contributed by atoms with van der Waals surface area (Å²) in [6.45, 7) is 8.63. The lowest BCUT2D eigenvalue weighted by atomic mass is 9.93. The molecule has 0 spiro atoms. The molecule has 1 aliphatic carbocycles. The number of nitrogens with one attached hydrogen (secondary N) is 1. The second-order valence-corrected chi connectivity index (χ2v) is 8.40. The number of nitrogens with zero attached hydrogens (tertiary/aromatic N) is 3. The molecule has 2 heterocycles. The third-order valence-corrected chi connectivity index (χ3v) is 5.28. The Morgan fingerprint density at radius 2 is 1.73 bits per heavy atom. The Balaban J connectivity index is 1.54. The average Bonchev–Trinajstić information content (AvgIpc) is 3.21. The number of amides is 3. The number of aromatic nitrogens is 1. The predicted octanol–water partition coefficient (Wildman–Crippen LogP) is 3.23. The minimum atomic E-state index is -0.186. The first-order valence-electron chi connectivity index (χ1n) is 9.66. The fourth-order valence-electron chi connectivity index (χ4n) is 3.65. The Morgan fingerprint density at radius 1 is 1.08 bits per heavy atom. The van der Waals surface area contributed by atoms with Crippen LogP contribution in [0.1, 0.15) is 58.6 Å². The van der Waals surface area contributed by atoms with E-state index in [2.05, 4.69) is 10.5 Å². The topological polar surface area (TPSA) is 78.7 Å². The van der Waals surface area contributed by atoms with E-state index in [1.807, 2.05) is 25.7 Å². The van der Waals surface area contributed by atoms with Gasteiger partial charge in [-0.3, -0.25) is 10.1 Å². The van der Waals surface area contributed by atoms with E-state index in [1.54, 1.807) is 11.0 Å². The van der Waals surface area contributed by atoms with Gasteiger partial charge in [-0.05, 0) is 19.3 Å². The Labute approximate surface area is 155 Å². The van der Waals surface area contributed by atoms with E-state index in [1.165, 1.54) is 0 Å². The fraction of sp³-hybridized carbons (Fsp3) is 0.737. The Hall–Kier alpha value is -2.05. The number of urea groups is 1. The van der Waals surface area contributed by atoms with E-state index in [0.29, 0.717) is 25.5 Å². The van der Waals surface area contributed by atoms with Crippen molar-refractivity contribution >= 4 is 17.8 Å². The summed E-state index contributed by atoms with van der Waals surface area (Å²) in [4.78, 5) is 28.8. The van der Waals surface area contributed by atoms with Crippen molar-refractivity contribution in [2.24, 2.45) is 5.92 Å². The molecule has 3 amide bonds. The minimum absolute atomic E-state index is 0.153. The number of anilines is 1. The van der Waals surface area contributed by atoms with Crippen LogP contribution in [0.2, 0.25) is 0 Å². The van der Waals surface area contributed by atoms with Gasteiger partial charge in [0, 0.05) is 43.6 Å². The zero-order valence-corrected chi connectivity index (χ0v) is 16.1. The van der Waals surface area contributed by atoms with Gasteiger partial charge in [0.1, 0.15) is 5.76 Å². The molecular weight excluding hydrogens is 332 g/mol. The van der Waals surface area contributed by atoms with Crippen LogP contribution in [0.3, 0.4) is 0 Å². The summed E-state index contributed by atoms with van der Waals surface area (Å²) in [7, 11) is 0. The average molecular weight is 362 g/mol. The third kappa shape index (κ3) is 4.37. The van der Waals surface area contributed by atoms with Crippen LogP contribution in [0.15, 0.2) is 10.6 Å². The van der Waals surface area contributed by atoms with Gasteiger partial charge in [-0.15, -0.1) is 0 Å². The summed E-state index contributed by atoms with van der Waals surface area (Å²) in [5.74, 6) is 1.64. The molecule has 26 heavy (non-hydrogen) atoms. The molecule has 1 aromatic heterocycles. The van der Waals surface area contributed by atoms with Gasteiger partial charge >= 0.3 is 6.03 Å². The van der Waals surface area contributed by atoms with Gasteiger partial charge in [-0.2, -0.15) is 0 Å². The Bertz CT molecular complexity index is 643. The van der Waals surface area contributed by atoms with Crippen molar-refractivity contribution in [2.75, 3.05) is 31.5 Å². The van der Waals surface area contributed by atoms with Crippen molar-refractivity contribution in [1.82, 2.24) is 15.0 Å². The molecule has 0 radical (unpaired) electrons. The lowest BCUT2D eigenvalue weighted by Crippen LogP contribution is -2.40. The van der Waals surface area contributed by atoms with E-state index >= 15 is 0 Å². The van der Waals surface area contributed by atoms with Gasteiger partial charge in [0.2, 0.25) is 5.91 Å². The minimum Gasteiger partial charge on any atom is -0.359 e. The van der Waals surface area contributed by atoms with E-state index in [0.717, 1.165) is 44.4 Å². The summed E-state index contributed by atoms with van der Waals surface area (Å²) in [5, 5.41) is 6.75. The lowest BCUT2D eigenvalue weighted by Gasteiger charge is -2.24. The molecule has 1 aliphatic heterocycles. The highest BCUT2D eigenvalue weighted by atomic mass is 16.5. The maximum absolute atomic E-state index is 12.6. The second kappa shape index (κ2) is 7.68. The predicted molar refractivity (Wildman–Crippen MR) is 98.9 cm³/mol. The van der Waals surface area contributed by atoms with Crippen LogP contribution >= 0.6 is 0 Å². The quantitative estimate of drug-likeness (QED) is 0.876. The third-order valence-electron chi connectivity index (χ3n) is 5.28. The highest BCUT2D eigenvalue weighted by molar-refractivity contribution is 5.88. The molecule has 0 unspecified atom stereocenters. The van der Waals surface area contributed by atoms with Gasteiger partial charge in [-0.25, -0.2) is 4.79 Å². The zero-order chi connectivity index (χ0) is 18.7. The normalized spacial score (nSPS) is 19.5. The van der Waals surface area contributed by atoms with Gasteiger partial charge in [-0.1, -0.05) is 38.8 Å². The number of hydrogen-bond acceptors (Lipinski definition) is 4. The van der Waals surface area contributed by atoms with Crippen LogP contribution in [0.5, 0.6) is 0 Å². The number of carbonyl (C=O) groups is 2. The van der Waals surface area contributed by atoms with Crippen LogP contribution in [0.4, 0.5) is 10.6 Å². The molecule has 0 bridgehead atoms. The molecule has 1 saturated heterocycles. The molecule has 2 fully saturated rings. The molecule has 3 rings (SSSR count). The Morgan fingerprint density at radius 3 is 2.38 bits per heavy atom. The second-order valence-electron chi connectivity index (χ2n) is 8.40. The summed E-state index contributed by atoms with van der Waals surface area (Å²) in [6.07, 6.45) is 5.15. The molecule has 0 atom stereocenters. The van der Waals surface area contributed by atoms with Crippen molar-refractivity contribution in [2.45, 2.75) is 58.3 Å². The standard InChI is InChI=1S/C19H30N4O3/c1-19(2,3)15-13-16(21-26-15)20-18(25)23-10-6-9-22(11-12-23)17(24)14-7-4-5-8-14/h13-14H,4-12H2,1-3H3,(H,20,21,25). The molecule has 1 aromatic rings. The SMILES string of the molecule is CC(C)(C)c1cc(NC(=O)N2CCCN(C(=O)C3CCCC3)CC2)no1. The molecule has 2 aliphatic rings. The van der Waals surface area contributed by atoms with Crippen LogP contribution in [-0.4, -0.2) is 53.1 Å². The first-order chi connectivity index (χ1) is 12.3. The van der Waals surface area contributed by atoms with E-state index in [9.17, 15) is 9.59 Å². The highest BCUT2D eigenvalue weighted by Crippen LogP contribution is 2.27. The van der Waals surface area contributed by atoms with E-state index in [4.69, 9.17) is 4.52 Å². The molecule has 144 valence electrons. The van der Waals surface area contributed by atoms with E-state index < -0.39 is 0 Å². The van der Waals surface area contributed by atoms with Crippen LogP contribution < -0.4 is 5.32 Å². The first kappa shape index (κ1) is 18.7. The van der Waals surface area contributed by atoms with Crippen molar-refractivity contribution in [1.29, 1.82) is 0 Å². The number of carbonyl (C=O) groups excluding carboxylic acids is 2.